The molecule has 1 aliphatic heterocycles. The molecule has 7 heteroatoms. The average molecular weight is 366 g/mol. The van der Waals surface area contributed by atoms with Crippen molar-refractivity contribution in [2.75, 3.05) is 23.3 Å². The van der Waals surface area contributed by atoms with Crippen molar-refractivity contribution in [1.29, 1.82) is 0 Å². The van der Waals surface area contributed by atoms with Gasteiger partial charge in [-0.1, -0.05) is 17.7 Å². The van der Waals surface area contributed by atoms with Crippen molar-refractivity contribution in [3.05, 3.63) is 35.5 Å². The second-order valence-electron chi connectivity index (χ2n) is 7.48. The fraction of sp³-hybridized carbons (Fsp3) is 0.450. The van der Waals surface area contributed by atoms with Crippen LogP contribution < -0.4 is 10.2 Å². The highest BCUT2D eigenvalue weighted by Gasteiger charge is 2.25. The Labute approximate surface area is 159 Å². The Morgan fingerprint density at radius 3 is 2.56 bits per heavy atom. The first-order valence-corrected chi connectivity index (χ1v) is 9.35. The average Bonchev–Trinajstić information content (AvgIpc) is 2.98. The summed E-state index contributed by atoms with van der Waals surface area (Å²) in [6, 6.07) is 6.35. The molecule has 1 N–H and O–H groups in total. The monoisotopic (exact) mass is 366 g/mol. The number of aromatic nitrogens is 4. The number of fused-ring (bicyclic) bond motifs is 1. The summed E-state index contributed by atoms with van der Waals surface area (Å²) in [6.45, 7) is 9.91. The van der Waals surface area contributed by atoms with E-state index in [0.717, 1.165) is 35.6 Å². The smallest absolute Gasteiger partial charge is 0.229 e. The van der Waals surface area contributed by atoms with Gasteiger partial charge in [-0.15, -0.1) is 0 Å². The number of ether oxygens (including phenoxy) is 1. The minimum Gasteiger partial charge on any atom is -0.372 e. The van der Waals surface area contributed by atoms with E-state index in [1.165, 1.54) is 11.1 Å². The molecule has 1 saturated heterocycles. The van der Waals surface area contributed by atoms with Gasteiger partial charge in [-0.25, -0.2) is 0 Å². The van der Waals surface area contributed by atoms with E-state index >= 15 is 0 Å². The van der Waals surface area contributed by atoms with Crippen molar-refractivity contribution < 1.29 is 4.74 Å². The lowest BCUT2D eigenvalue weighted by molar-refractivity contribution is -0.00569. The fourth-order valence-electron chi connectivity index (χ4n) is 3.67. The Bertz CT molecular complexity index is 972. The number of anilines is 3. The molecule has 1 aromatic carbocycles. The lowest BCUT2D eigenvalue weighted by Gasteiger charge is -2.35. The second-order valence-corrected chi connectivity index (χ2v) is 7.48. The van der Waals surface area contributed by atoms with Crippen LogP contribution in [0.1, 0.15) is 25.0 Å². The summed E-state index contributed by atoms with van der Waals surface area (Å²) in [5, 5.41) is 8.79. The lowest BCUT2D eigenvalue weighted by atomic mass is 10.1. The molecule has 2 atom stereocenters. The van der Waals surface area contributed by atoms with Gasteiger partial charge >= 0.3 is 0 Å². The zero-order chi connectivity index (χ0) is 19.1. The molecule has 0 spiro atoms. The number of hydrogen-bond donors (Lipinski definition) is 1. The van der Waals surface area contributed by atoms with E-state index < -0.39 is 0 Å². The van der Waals surface area contributed by atoms with Crippen LogP contribution in [0.2, 0.25) is 0 Å². The van der Waals surface area contributed by atoms with Crippen molar-refractivity contribution >= 4 is 28.5 Å². The molecule has 0 bridgehead atoms. The van der Waals surface area contributed by atoms with Crippen molar-refractivity contribution in [3.63, 3.8) is 0 Å². The van der Waals surface area contributed by atoms with Crippen molar-refractivity contribution in [2.45, 2.75) is 39.9 Å². The second kappa shape index (κ2) is 6.81. The quantitative estimate of drug-likeness (QED) is 0.767. The van der Waals surface area contributed by atoms with Gasteiger partial charge in [-0.3, -0.25) is 4.68 Å². The molecule has 0 amide bonds. The summed E-state index contributed by atoms with van der Waals surface area (Å²) in [6.07, 6.45) is 2.11. The van der Waals surface area contributed by atoms with Gasteiger partial charge in [0.05, 0.1) is 23.8 Å². The molecule has 3 aromatic rings. The Morgan fingerprint density at radius 1 is 1.11 bits per heavy atom. The van der Waals surface area contributed by atoms with Gasteiger partial charge in [0.15, 0.2) is 5.65 Å². The number of hydrogen-bond acceptors (Lipinski definition) is 6. The van der Waals surface area contributed by atoms with Crippen LogP contribution in [0.4, 0.5) is 17.5 Å². The Kier molecular flexibility index (Phi) is 4.47. The van der Waals surface area contributed by atoms with E-state index in [1.54, 1.807) is 4.68 Å². The number of benzene rings is 1. The van der Waals surface area contributed by atoms with Crippen LogP contribution in [0.15, 0.2) is 24.4 Å². The molecule has 142 valence electrons. The molecule has 0 unspecified atom stereocenters. The van der Waals surface area contributed by atoms with Crippen molar-refractivity contribution in [3.8, 4) is 0 Å². The number of rotatable bonds is 3. The zero-order valence-corrected chi connectivity index (χ0v) is 16.5. The minimum absolute atomic E-state index is 0.148. The van der Waals surface area contributed by atoms with Gasteiger partial charge in [0, 0.05) is 25.8 Å². The summed E-state index contributed by atoms with van der Waals surface area (Å²) >= 11 is 0. The molecule has 0 saturated carbocycles. The first-order valence-electron chi connectivity index (χ1n) is 9.35. The van der Waals surface area contributed by atoms with Gasteiger partial charge in [0.1, 0.15) is 5.82 Å². The first-order chi connectivity index (χ1) is 12.9. The van der Waals surface area contributed by atoms with Gasteiger partial charge < -0.3 is 15.0 Å². The van der Waals surface area contributed by atoms with E-state index in [-0.39, 0.29) is 12.2 Å². The van der Waals surface area contributed by atoms with Crippen LogP contribution in [-0.2, 0) is 11.8 Å². The van der Waals surface area contributed by atoms with E-state index in [2.05, 4.69) is 61.2 Å². The highest BCUT2D eigenvalue weighted by molar-refractivity contribution is 5.89. The summed E-state index contributed by atoms with van der Waals surface area (Å²) in [7, 11) is 1.91. The molecule has 3 heterocycles. The maximum atomic E-state index is 5.86. The van der Waals surface area contributed by atoms with Gasteiger partial charge in [-0.05, 0) is 39.3 Å². The molecule has 1 aliphatic rings. The zero-order valence-electron chi connectivity index (χ0n) is 16.5. The minimum atomic E-state index is 0.148. The summed E-state index contributed by atoms with van der Waals surface area (Å²) < 4.78 is 7.65. The summed E-state index contributed by atoms with van der Waals surface area (Å²) in [5.74, 6) is 1.49. The third-order valence-corrected chi connectivity index (χ3v) is 4.92. The number of aryl methyl sites for hydroxylation is 3. The highest BCUT2D eigenvalue weighted by Crippen LogP contribution is 2.28. The van der Waals surface area contributed by atoms with Crippen LogP contribution in [-0.4, -0.2) is 45.0 Å². The molecule has 0 aliphatic carbocycles. The van der Waals surface area contributed by atoms with Crippen LogP contribution in [0.5, 0.6) is 0 Å². The topological polar surface area (TPSA) is 68.1 Å². The summed E-state index contributed by atoms with van der Waals surface area (Å²) in [5.41, 5.74) is 4.28. The lowest BCUT2D eigenvalue weighted by Crippen LogP contribution is -2.46. The van der Waals surface area contributed by atoms with E-state index in [1.807, 2.05) is 13.2 Å². The van der Waals surface area contributed by atoms with Crippen LogP contribution in [0.3, 0.4) is 0 Å². The molecule has 4 rings (SSSR count). The standard InChI is InChI=1S/C20H26N6O/c1-12-6-7-17(13(2)8-12)22-18-16-9-21-25(5)19(16)24-20(23-18)26-10-14(3)27-15(4)11-26/h6-9,14-15H,10-11H2,1-5H3,(H,22,23,24)/t14-,15-/m0/s1. The number of nitrogens with one attached hydrogen (secondary N) is 1. The molecule has 7 nitrogen and oxygen atoms in total. The number of nitrogens with zero attached hydrogens (tertiary/aromatic N) is 5. The van der Waals surface area contributed by atoms with Gasteiger partial charge in [0.2, 0.25) is 5.95 Å². The molecular formula is C20H26N6O. The predicted molar refractivity (Wildman–Crippen MR) is 108 cm³/mol. The van der Waals surface area contributed by atoms with E-state index in [0.29, 0.717) is 5.95 Å². The maximum Gasteiger partial charge on any atom is 0.229 e. The molecule has 1 fully saturated rings. The largest absolute Gasteiger partial charge is 0.372 e. The normalized spacial score (nSPS) is 20.3. The van der Waals surface area contributed by atoms with Crippen LogP contribution in [0.25, 0.3) is 11.0 Å². The molecular weight excluding hydrogens is 340 g/mol. The van der Waals surface area contributed by atoms with Crippen LogP contribution in [0, 0.1) is 13.8 Å². The predicted octanol–water partition coefficient (Wildman–Crippen LogP) is 3.34. The summed E-state index contributed by atoms with van der Waals surface area (Å²) in [4.78, 5) is 11.8. The van der Waals surface area contributed by atoms with E-state index in [4.69, 9.17) is 14.7 Å². The van der Waals surface area contributed by atoms with Crippen molar-refractivity contribution in [2.24, 2.45) is 7.05 Å². The Balaban J connectivity index is 1.77. The third kappa shape index (κ3) is 3.47. The fourth-order valence-corrected chi connectivity index (χ4v) is 3.67. The number of morpholine rings is 1. The van der Waals surface area contributed by atoms with E-state index in [9.17, 15) is 0 Å². The SMILES string of the molecule is Cc1ccc(Nc2nc(N3C[C@H](C)O[C@@H](C)C3)nc3c2cnn3C)c(C)c1. The highest BCUT2D eigenvalue weighted by atomic mass is 16.5. The molecule has 0 radical (unpaired) electrons. The molecule has 27 heavy (non-hydrogen) atoms. The third-order valence-electron chi connectivity index (χ3n) is 4.92. The Morgan fingerprint density at radius 2 is 1.85 bits per heavy atom. The van der Waals surface area contributed by atoms with Gasteiger partial charge in [0.25, 0.3) is 0 Å². The maximum absolute atomic E-state index is 5.86. The Hall–Kier alpha value is -2.67. The first kappa shape index (κ1) is 17.7. The van der Waals surface area contributed by atoms with Crippen molar-refractivity contribution in [1.82, 2.24) is 19.7 Å². The molecule has 2 aromatic heterocycles. The van der Waals surface area contributed by atoms with Crippen LogP contribution >= 0.6 is 0 Å². The van der Waals surface area contributed by atoms with Gasteiger partial charge in [-0.2, -0.15) is 15.1 Å².